The van der Waals surface area contributed by atoms with Crippen LogP contribution >= 0.6 is 11.8 Å². The second-order valence-electron chi connectivity index (χ2n) is 9.85. The summed E-state index contributed by atoms with van der Waals surface area (Å²) in [6.07, 6.45) is 0.837. The van der Waals surface area contributed by atoms with Crippen LogP contribution in [0.25, 0.3) is 0 Å². The van der Waals surface area contributed by atoms with Crippen LogP contribution in [0, 0.1) is 0 Å². The van der Waals surface area contributed by atoms with Gasteiger partial charge in [-0.15, -0.1) is 11.8 Å². The minimum atomic E-state index is -1.82. The molecule has 3 nitrogen and oxygen atoms in total. The summed E-state index contributed by atoms with van der Waals surface area (Å²) >= 11 is 1.63. The van der Waals surface area contributed by atoms with Crippen molar-refractivity contribution in [3.05, 3.63) is 0 Å². The van der Waals surface area contributed by atoms with E-state index < -0.39 is 16.6 Å². The SMILES string of the molecule is CC(C)(C)[Si](C)(C)OC[C@H]1SC(O)C[C@@H]1O[Si](C)(C)C(C)(C)C. The minimum Gasteiger partial charge on any atom is -0.416 e. The average molecular weight is 379 g/mol. The van der Waals surface area contributed by atoms with Gasteiger partial charge in [-0.2, -0.15) is 0 Å². The van der Waals surface area contributed by atoms with Gasteiger partial charge in [0.05, 0.1) is 11.4 Å². The third-order valence-corrected chi connectivity index (χ3v) is 16.1. The van der Waals surface area contributed by atoms with Crippen LogP contribution in [0.15, 0.2) is 0 Å². The molecule has 0 spiro atoms. The van der Waals surface area contributed by atoms with Gasteiger partial charge >= 0.3 is 0 Å². The molecule has 0 radical (unpaired) electrons. The molecule has 0 aromatic heterocycles. The number of hydrogen-bond acceptors (Lipinski definition) is 4. The summed E-state index contributed by atoms with van der Waals surface area (Å²) in [5.74, 6) is 0. The lowest BCUT2D eigenvalue weighted by molar-refractivity contribution is 0.125. The molecule has 6 heteroatoms. The van der Waals surface area contributed by atoms with Gasteiger partial charge in [-0.05, 0) is 36.3 Å². The molecule has 0 aromatic carbocycles. The fraction of sp³-hybridized carbons (Fsp3) is 1.00. The third-order valence-electron chi connectivity index (χ3n) is 5.85. The molecule has 1 rings (SSSR count). The van der Waals surface area contributed by atoms with E-state index in [4.69, 9.17) is 8.85 Å². The molecular formula is C17H38O3SSi2. The molecule has 1 saturated heterocycles. The van der Waals surface area contributed by atoms with E-state index in [1.165, 1.54) is 0 Å². The van der Waals surface area contributed by atoms with Crippen molar-refractivity contribution in [2.75, 3.05) is 6.61 Å². The van der Waals surface area contributed by atoms with Crippen LogP contribution in [0.5, 0.6) is 0 Å². The van der Waals surface area contributed by atoms with Gasteiger partial charge in [0.25, 0.3) is 0 Å². The van der Waals surface area contributed by atoms with Crippen LogP contribution in [0.1, 0.15) is 48.0 Å². The van der Waals surface area contributed by atoms with Crippen molar-refractivity contribution >= 4 is 28.4 Å². The maximum absolute atomic E-state index is 10.1. The van der Waals surface area contributed by atoms with Gasteiger partial charge in [-0.1, -0.05) is 41.5 Å². The molecular weight excluding hydrogens is 340 g/mol. The van der Waals surface area contributed by atoms with Crippen molar-refractivity contribution in [1.29, 1.82) is 0 Å². The zero-order valence-electron chi connectivity index (χ0n) is 16.8. The van der Waals surface area contributed by atoms with Gasteiger partial charge in [0, 0.05) is 13.0 Å². The van der Waals surface area contributed by atoms with Gasteiger partial charge in [0.1, 0.15) is 5.44 Å². The molecule has 0 aliphatic carbocycles. The molecule has 1 aliphatic rings. The molecule has 1 unspecified atom stereocenters. The van der Waals surface area contributed by atoms with Crippen LogP contribution < -0.4 is 0 Å². The molecule has 1 N–H and O–H groups in total. The second kappa shape index (κ2) is 7.12. The normalized spacial score (nSPS) is 27.5. The molecule has 0 saturated carbocycles. The van der Waals surface area contributed by atoms with E-state index in [2.05, 4.69) is 67.7 Å². The quantitative estimate of drug-likeness (QED) is 0.665. The Morgan fingerprint density at radius 1 is 0.957 bits per heavy atom. The molecule has 0 bridgehead atoms. The fourth-order valence-corrected chi connectivity index (χ4v) is 5.84. The minimum absolute atomic E-state index is 0.112. The van der Waals surface area contributed by atoms with Crippen molar-refractivity contribution < 1.29 is 14.0 Å². The summed E-state index contributed by atoms with van der Waals surface area (Å²) in [5, 5.41) is 10.8. The van der Waals surface area contributed by atoms with Gasteiger partial charge in [-0.3, -0.25) is 0 Å². The van der Waals surface area contributed by atoms with Crippen LogP contribution in [-0.4, -0.2) is 45.1 Å². The summed E-state index contributed by atoms with van der Waals surface area (Å²) in [5.41, 5.74) is -0.321. The molecule has 1 heterocycles. The number of rotatable bonds is 5. The highest BCUT2D eigenvalue weighted by molar-refractivity contribution is 8.00. The number of thioether (sulfide) groups is 1. The van der Waals surface area contributed by atoms with Gasteiger partial charge < -0.3 is 14.0 Å². The Balaban J connectivity index is 2.74. The van der Waals surface area contributed by atoms with Crippen molar-refractivity contribution in [2.24, 2.45) is 0 Å². The van der Waals surface area contributed by atoms with Crippen LogP contribution in [0.2, 0.25) is 36.3 Å². The van der Waals surface area contributed by atoms with E-state index in [1.54, 1.807) is 11.8 Å². The third kappa shape index (κ3) is 5.57. The molecule has 23 heavy (non-hydrogen) atoms. The predicted octanol–water partition coefficient (Wildman–Crippen LogP) is 5.22. The van der Waals surface area contributed by atoms with Crippen molar-refractivity contribution in [3.63, 3.8) is 0 Å². The highest BCUT2D eigenvalue weighted by atomic mass is 32.2. The smallest absolute Gasteiger partial charge is 0.192 e. The van der Waals surface area contributed by atoms with Crippen LogP contribution in [0.4, 0.5) is 0 Å². The zero-order chi connectivity index (χ0) is 18.3. The molecule has 138 valence electrons. The van der Waals surface area contributed by atoms with Gasteiger partial charge in [0.15, 0.2) is 16.6 Å². The molecule has 0 amide bonds. The van der Waals surface area contributed by atoms with E-state index in [0.29, 0.717) is 6.61 Å². The summed E-state index contributed by atoms with van der Waals surface area (Å²) in [7, 11) is -3.58. The number of aliphatic hydroxyl groups is 1. The summed E-state index contributed by atoms with van der Waals surface area (Å²) < 4.78 is 13.0. The highest BCUT2D eigenvalue weighted by Crippen LogP contribution is 2.43. The highest BCUT2D eigenvalue weighted by Gasteiger charge is 2.45. The molecule has 3 atom stereocenters. The van der Waals surface area contributed by atoms with Crippen LogP contribution in [-0.2, 0) is 8.85 Å². The van der Waals surface area contributed by atoms with Gasteiger partial charge in [-0.25, -0.2) is 0 Å². The fourth-order valence-electron chi connectivity index (χ4n) is 2.03. The lowest BCUT2D eigenvalue weighted by Gasteiger charge is -2.41. The lowest BCUT2D eigenvalue weighted by atomic mass is 10.2. The second-order valence-corrected chi connectivity index (χ2v) is 20.8. The first-order chi connectivity index (χ1) is 10.1. The lowest BCUT2D eigenvalue weighted by Crippen LogP contribution is -2.47. The van der Waals surface area contributed by atoms with Crippen molar-refractivity contribution in [2.45, 2.75) is 101 Å². The topological polar surface area (TPSA) is 38.7 Å². The largest absolute Gasteiger partial charge is 0.416 e. The number of aliphatic hydroxyl groups excluding tert-OH is 1. The summed E-state index contributed by atoms with van der Waals surface area (Å²) in [6, 6.07) is 0. The first-order valence-corrected chi connectivity index (χ1v) is 15.5. The molecule has 1 fully saturated rings. The molecule has 0 aromatic rings. The standard InChI is InChI=1S/C17H38O3SSi2/c1-16(2,3)22(7,8)19-12-14-13(11-15(18)21-14)20-23(9,10)17(4,5)6/h13-15,18H,11-12H2,1-10H3/t13-,14+,15?/m0/s1. The monoisotopic (exact) mass is 378 g/mol. The maximum Gasteiger partial charge on any atom is 0.192 e. The van der Waals surface area contributed by atoms with Crippen molar-refractivity contribution in [3.8, 4) is 0 Å². The number of hydrogen-bond donors (Lipinski definition) is 1. The van der Waals surface area contributed by atoms with E-state index in [9.17, 15) is 5.11 Å². The first-order valence-electron chi connectivity index (χ1n) is 8.72. The van der Waals surface area contributed by atoms with E-state index >= 15 is 0 Å². The molecule has 1 aliphatic heterocycles. The van der Waals surface area contributed by atoms with E-state index in [1.807, 2.05) is 0 Å². The Labute approximate surface area is 150 Å². The van der Waals surface area contributed by atoms with E-state index in [-0.39, 0.29) is 26.9 Å². The Morgan fingerprint density at radius 3 is 1.87 bits per heavy atom. The summed E-state index contributed by atoms with van der Waals surface area (Å²) in [6.45, 7) is 23.4. The zero-order valence-corrected chi connectivity index (χ0v) is 19.6. The summed E-state index contributed by atoms with van der Waals surface area (Å²) in [4.78, 5) is 0. The predicted molar refractivity (Wildman–Crippen MR) is 107 cm³/mol. The van der Waals surface area contributed by atoms with Crippen LogP contribution in [0.3, 0.4) is 0 Å². The Kier molecular flexibility index (Phi) is 6.71. The van der Waals surface area contributed by atoms with E-state index in [0.717, 1.165) is 6.42 Å². The Hall–Kier alpha value is 0.664. The Morgan fingerprint density at radius 2 is 1.43 bits per heavy atom. The maximum atomic E-state index is 10.1. The average Bonchev–Trinajstić information content (AvgIpc) is 2.63. The van der Waals surface area contributed by atoms with Gasteiger partial charge in [0.2, 0.25) is 0 Å². The van der Waals surface area contributed by atoms with Crippen molar-refractivity contribution in [1.82, 2.24) is 0 Å². The first kappa shape index (κ1) is 21.7. The Bertz CT molecular complexity index is 400.